The maximum absolute atomic E-state index is 13.0. The number of carboxylic acid groups (broad SMARTS) is 2. The monoisotopic (exact) mass is 796 g/mol. The van der Waals surface area contributed by atoms with Gasteiger partial charge in [-0.1, -0.05) is 53.2 Å². The lowest BCUT2D eigenvalue weighted by molar-refractivity contribution is -0.362. The Labute approximate surface area is 328 Å². The van der Waals surface area contributed by atoms with E-state index in [1.807, 2.05) is 6.92 Å². The Bertz CT molecular complexity index is 1570. The van der Waals surface area contributed by atoms with Gasteiger partial charge in [0.05, 0.1) is 30.8 Å². The zero-order valence-corrected chi connectivity index (χ0v) is 33.4. The summed E-state index contributed by atoms with van der Waals surface area (Å²) in [5.74, 6) is -2.46. The van der Waals surface area contributed by atoms with Gasteiger partial charge in [-0.25, -0.2) is 4.79 Å². The van der Waals surface area contributed by atoms with E-state index in [4.69, 9.17) is 18.9 Å². The second kappa shape index (κ2) is 14.2. The van der Waals surface area contributed by atoms with Crippen molar-refractivity contribution in [2.45, 2.75) is 167 Å². The van der Waals surface area contributed by atoms with E-state index in [0.29, 0.717) is 25.7 Å². The van der Waals surface area contributed by atoms with Crippen LogP contribution in [0.25, 0.3) is 0 Å². The van der Waals surface area contributed by atoms with Gasteiger partial charge in [-0.3, -0.25) is 4.79 Å². The number of fused-ring (bicyclic) bond motifs is 7. The summed E-state index contributed by atoms with van der Waals surface area (Å²) < 4.78 is 22.8. The number of allylic oxidation sites excluding steroid dienone is 2. The van der Waals surface area contributed by atoms with Crippen LogP contribution in [-0.4, -0.2) is 139 Å². The lowest BCUT2D eigenvalue weighted by Crippen LogP contribution is -2.70. The van der Waals surface area contributed by atoms with Crippen LogP contribution < -0.4 is 0 Å². The fourth-order valence-corrected chi connectivity index (χ4v) is 13.5. The van der Waals surface area contributed by atoms with Crippen LogP contribution >= 0.6 is 0 Å². The molecule has 6 fully saturated rings. The summed E-state index contributed by atoms with van der Waals surface area (Å²) in [6.45, 7) is 12.3. The largest absolute Gasteiger partial charge is 0.481 e. The number of rotatable bonds is 7. The summed E-state index contributed by atoms with van der Waals surface area (Å²) >= 11 is 0. The maximum Gasteiger partial charge on any atom is 0.335 e. The van der Waals surface area contributed by atoms with Gasteiger partial charge in [-0.05, 0) is 97.2 Å². The van der Waals surface area contributed by atoms with Gasteiger partial charge in [0.2, 0.25) is 0 Å². The van der Waals surface area contributed by atoms with E-state index < -0.39 is 109 Å². The third-order valence-corrected chi connectivity index (χ3v) is 16.9. The van der Waals surface area contributed by atoms with Crippen LogP contribution in [0.4, 0.5) is 0 Å². The molecular weight excluding hydrogens is 732 g/mol. The van der Waals surface area contributed by atoms with Crippen LogP contribution in [-0.2, 0) is 28.5 Å². The van der Waals surface area contributed by atoms with E-state index in [2.05, 4.69) is 40.7 Å². The van der Waals surface area contributed by atoms with Gasteiger partial charge in [0, 0.05) is 5.41 Å². The van der Waals surface area contributed by atoms with Crippen molar-refractivity contribution in [1.29, 1.82) is 0 Å². The van der Waals surface area contributed by atoms with Gasteiger partial charge in [-0.15, -0.1) is 0 Å². The number of carbonyl (C=O) groups is 2. The number of hydrogen-bond acceptors (Lipinski definition) is 13. The van der Waals surface area contributed by atoms with Crippen molar-refractivity contribution in [3.63, 3.8) is 0 Å². The summed E-state index contributed by atoms with van der Waals surface area (Å²) in [5.41, 5.74) is -1.58. The van der Waals surface area contributed by atoms with E-state index in [-0.39, 0.29) is 40.4 Å². The smallest absolute Gasteiger partial charge is 0.335 e. The Morgan fingerprint density at radius 1 is 0.786 bits per heavy atom. The zero-order valence-electron chi connectivity index (χ0n) is 33.4. The molecule has 2 aliphatic heterocycles. The van der Waals surface area contributed by atoms with E-state index in [1.165, 1.54) is 5.57 Å². The van der Waals surface area contributed by atoms with Crippen LogP contribution in [0.3, 0.4) is 0 Å². The maximum atomic E-state index is 13.0. The average molecular weight is 797 g/mol. The molecule has 2 heterocycles. The Morgan fingerprint density at radius 2 is 1.45 bits per heavy atom. The van der Waals surface area contributed by atoms with Crippen molar-refractivity contribution < 1.29 is 74.5 Å². The molecule has 0 aromatic carbocycles. The molecule has 0 unspecified atom stereocenters. The number of aliphatic hydroxyl groups is 7. The molecule has 7 aliphatic rings. The Kier molecular flexibility index (Phi) is 10.7. The number of aliphatic carboxylic acids is 2. The van der Waals surface area contributed by atoms with Gasteiger partial charge in [-0.2, -0.15) is 0 Å². The van der Waals surface area contributed by atoms with E-state index in [9.17, 15) is 55.5 Å². The quantitative estimate of drug-likeness (QED) is 0.131. The van der Waals surface area contributed by atoms with Crippen molar-refractivity contribution in [3.05, 3.63) is 11.6 Å². The van der Waals surface area contributed by atoms with Crippen molar-refractivity contribution in [3.8, 4) is 0 Å². The van der Waals surface area contributed by atoms with Gasteiger partial charge in [0.15, 0.2) is 18.7 Å². The van der Waals surface area contributed by atoms with E-state index in [0.717, 1.165) is 25.7 Å². The zero-order chi connectivity index (χ0) is 41.1. The highest BCUT2D eigenvalue weighted by molar-refractivity contribution is 5.76. The summed E-state index contributed by atoms with van der Waals surface area (Å²) in [6.07, 6.45) is -9.76. The number of hydrogen-bond donors (Lipinski definition) is 9. The second-order valence-electron chi connectivity index (χ2n) is 20.3. The SMILES string of the molecule is CC1(C)CC[C@]2(C(=O)O)CC[C@]3(C)C(=CC[C@@H]4[C@@]5(C)C[C@H](O)[C@H](O[C@@H]6O[C@H](C(=O)O)[C@@H](O[C@@H]7OC[C@@H](O)[C@H](O)[C@H]7O)[C@H](O)[C@H]6O)[C@@](C)(CO)[C@@H]5CC[C@]43C)[C@@H]2C1. The Hall–Kier alpha value is -1.76. The van der Waals surface area contributed by atoms with Crippen molar-refractivity contribution >= 4 is 11.9 Å². The molecule has 56 heavy (non-hydrogen) atoms. The first kappa shape index (κ1) is 42.4. The lowest BCUT2D eigenvalue weighted by atomic mass is 9.33. The molecule has 0 amide bonds. The Morgan fingerprint density at radius 3 is 2.09 bits per heavy atom. The van der Waals surface area contributed by atoms with Crippen molar-refractivity contribution in [2.24, 2.45) is 50.2 Å². The van der Waals surface area contributed by atoms with Crippen LogP contribution in [0.5, 0.6) is 0 Å². The first-order chi connectivity index (χ1) is 26.0. The van der Waals surface area contributed by atoms with Gasteiger partial charge >= 0.3 is 11.9 Å². The molecule has 0 bridgehead atoms. The highest BCUT2D eigenvalue weighted by atomic mass is 16.7. The predicted octanol–water partition coefficient (Wildman–Crippen LogP) is 1.56. The van der Waals surface area contributed by atoms with Crippen LogP contribution in [0, 0.1) is 50.2 Å². The number of carboxylic acids is 2. The molecule has 0 radical (unpaired) electrons. The van der Waals surface area contributed by atoms with Crippen molar-refractivity contribution in [2.75, 3.05) is 13.2 Å². The standard InChI is InChI=1S/C41H64O15/c1-36(2)11-13-41(35(51)52)14-12-39(5)19(20(41)15-36)7-8-24-37(3)16-21(43)31(38(4,18-42)23(37)9-10-40(24,39)6)56-34-28(48)26(46)29(30(55-34)32(49)50)54-33-27(47)25(45)22(44)17-53-33/h7,20-31,33-34,42-48H,8-18H2,1-6H3,(H,49,50)(H,51,52)/t20-,21-,22+,23+,24+,25-,26+,27+,28+,29-,30-,31-,33-,34-,37-,38-,39+,40+,41-/m0/s1. The third kappa shape index (κ3) is 6.08. The first-order valence-corrected chi connectivity index (χ1v) is 20.5. The van der Waals surface area contributed by atoms with E-state index >= 15 is 0 Å². The molecule has 4 saturated carbocycles. The molecular formula is C41H64O15. The van der Waals surface area contributed by atoms with Crippen LogP contribution in [0.1, 0.15) is 99.3 Å². The summed E-state index contributed by atoms with van der Waals surface area (Å²) in [5, 5.41) is 96.9. The normalized spacial score (nSPS) is 54.1. The number of aliphatic hydroxyl groups excluding tert-OH is 7. The minimum Gasteiger partial charge on any atom is -0.481 e. The molecule has 15 nitrogen and oxygen atoms in total. The lowest BCUT2D eigenvalue weighted by Gasteiger charge is -2.71. The van der Waals surface area contributed by atoms with Gasteiger partial charge in [0.1, 0.15) is 36.6 Å². The topological polar surface area (TPSA) is 253 Å². The summed E-state index contributed by atoms with van der Waals surface area (Å²) in [7, 11) is 0. The minimum absolute atomic E-state index is 0.0277. The van der Waals surface area contributed by atoms with Crippen LogP contribution in [0.15, 0.2) is 11.6 Å². The van der Waals surface area contributed by atoms with Crippen molar-refractivity contribution in [1.82, 2.24) is 0 Å². The highest BCUT2D eigenvalue weighted by Gasteiger charge is 2.71. The predicted molar refractivity (Wildman–Crippen MR) is 195 cm³/mol. The average Bonchev–Trinajstić information content (AvgIpc) is 3.12. The first-order valence-electron chi connectivity index (χ1n) is 20.5. The summed E-state index contributed by atoms with van der Waals surface area (Å²) in [6, 6.07) is 0. The molecule has 19 atom stereocenters. The Balaban J connectivity index is 1.15. The third-order valence-electron chi connectivity index (χ3n) is 16.9. The fourth-order valence-electron chi connectivity index (χ4n) is 13.5. The molecule has 9 N–H and O–H groups in total. The van der Waals surface area contributed by atoms with E-state index in [1.54, 1.807) is 0 Å². The summed E-state index contributed by atoms with van der Waals surface area (Å²) in [4.78, 5) is 25.5. The molecule has 0 spiro atoms. The molecule has 7 rings (SSSR count). The molecule has 0 aromatic rings. The number of ether oxygens (including phenoxy) is 4. The molecule has 2 saturated heterocycles. The van der Waals surface area contributed by atoms with Crippen LogP contribution in [0.2, 0.25) is 0 Å². The molecule has 5 aliphatic carbocycles. The molecule has 318 valence electrons. The second-order valence-corrected chi connectivity index (χ2v) is 20.3. The highest BCUT2D eigenvalue weighted by Crippen LogP contribution is 2.76. The van der Waals surface area contributed by atoms with Gasteiger partial charge in [0.25, 0.3) is 0 Å². The minimum atomic E-state index is -1.95. The fraction of sp³-hybridized carbons (Fsp3) is 0.902. The molecule has 0 aromatic heterocycles. The molecule has 15 heteroatoms. The van der Waals surface area contributed by atoms with Gasteiger partial charge < -0.3 is 64.9 Å².